The average Bonchev–Trinajstić information content (AvgIpc) is 2.45. The maximum atomic E-state index is 11.6. The van der Waals surface area contributed by atoms with Crippen molar-refractivity contribution in [2.75, 3.05) is 13.7 Å². The number of carbonyl (C=O) groups excluding carboxylic acids is 1. The molecular weight excluding hydrogens is 268 g/mol. The summed E-state index contributed by atoms with van der Waals surface area (Å²) in [4.78, 5) is 11.6. The summed E-state index contributed by atoms with van der Waals surface area (Å²) in [6.07, 6.45) is 1.05. The fourth-order valence-electron chi connectivity index (χ4n) is 1.92. The van der Waals surface area contributed by atoms with E-state index >= 15 is 0 Å². The lowest BCUT2D eigenvalue weighted by molar-refractivity contribution is -0.126. The van der Waals surface area contributed by atoms with E-state index in [9.17, 15) is 4.79 Å². The van der Waals surface area contributed by atoms with Gasteiger partial charge in [-0.05, 0) is 38.3 Å². The minimum Gasteiger partial charge on any atom is -0.493 e. The Morgan fingerprint density at radius 1 is 1.38 bits per heavy atom. The van der Waals surface area contributed by atoms with Gasteiger partial charge in [0.05, 0.1) is 6.61 Å². The van der Waals surface area contributed by atoms with Gasteiger partial charge in [-0.1, -0.05) is 13.0 Å². The molecule has 0 radical (unpaired) electrons. The molecule has 3 N–H and O–H groups in total. The minimum absolute atomic E-state index is 0.0186. The van der Waals surface area contributed by atoms with Gasteiger partial charge < -0.3 is 20.5 Å². The van der Waals surface area contributed by atoms with Gasteiger partial charge in [-0.2, -0.15) is 0 Å². The number of rotatable bonds is 8. The van der Waals surface area contributed by atoms with Gasteiger partial charge in [0.15, 0.2) is 6.10 Å². The molecule has 0 saturated heterocycles. The van der Waals surface area contributed by atoms with E-state index in [-0.39, 0.29) is 11.9 Å². The second-order valence-corrected chi connectivity index (χ2v) is 5.17. The summed E-state index contributed by atoms with van der Waals surface area (Å²) in [6.45, 7) is 6.36. The highest BCUT2D eigenvalue weighted by atomic mass is 16.5. The molecule has 0 aromatic heterocycles. The van der Waals surface area contributed by atoms with Crippen molar-refractivity contribution < 1.29 is 14.3 Å². The smallest absolute Gasteiger partial charge is 0.260 e. The third-order valence-corrected chi connectivity index (χ3v) is 2.97. The largest absolute Gasteiger partial charge is 0.493 e. The first-order valence-electron chi connectivity index (χ1n) is 7.37. The summed E-state index contributed by atoms with van der Waals surface area (Å²) in [5.74, 6) is 1.23. The molecular formula is C16H26N2O3. The highest BCUT2D eigenvalue weighted by Gasteiger charge is 2.16. The van der Waals surface area contributed by atoms with Crippen LogP contribution in [0.2, 0.25) is 0 Å². The molecule has 0 aliphatic carbocycles. The monoisotopic (exact) mass is 294 g/mol. The van der Waals surface area contributed by atoms with Gasteiger partial charge in [0.25, 0.3) is 5.91 Å². The van der Waals surface area contributed by atoms with Gasteiger partial charge in [-0.25, -0.2) is 0 Å². The molecule has 0 bridgehead atoms. The first-order valence-corrected chi connectivity index (χ1v) is 7.37. The topological polar surface area (TPSA) is 73.6 Å². The Hall–Kier alpha value is -1.75. The molecule has 1 amide bonds. The van der Waals surface area contributed by atoms with Crippen molar-refractivity contribution in [3.63, 3.8) is 0 Å². The van der Waals surface area contributed by atoms with Crippen LogP contribution in [-0.4, -0.2) is 31.7 Å². The van der Waals surface area contributed by atoms with Crippen LogP contribution in [0.5, 0.6) is 11.5 Å². The zero-order valence-electron chi connectivity index (χ0n) is 13.3. The van der Waals surface area contributed by atoms with Gasteiger partial charge in [0, 0.05) is 19.2 Å². The van der Waals surface area contributed by atoms with Crippen molar-refractivity contribution in [2.24, 2.45) is 5.73 Å². The molecule has 2 atom stereocenters. The predicted octanol–water partition coefficient (Wildman–Crippen LogP) is 1.88. The lowest BCUT2D eigenvalue weighted by atomic mass is 10.1. The number of likely N-dealkylation sites (N-methyl/N-ethyl adjacent to an activating group) is 1. The van der Waals surface area contributed by atoms with Crippen LogP contribution in [0, 0.1) is 0 Å². The van der Waals surface area contributed by atoms with E-state index in [1.807, 2.05) is 25.1 Å². The molecule has 0 fully saturated rings. The van der Waals surface area contributed by atoms with E-state index in [2.05, 4.69) is 12.2 Å². The first-order chi connectivity index (χ1) is 9.97. The number of carbonyl (C=O) groups is 1. The van der Waals surface area contributed by atoms with Crippen molar-refractivity contribution in [3.8, 4) is 11.5 Å². The van der Waals surface area contributed by atoms with Crippen LogP contribution in [0.4, 0.5) is 0 Å². The standard InChI is InChI=1S/C16H26N2O3/c1-5-8-20-14-7-6-13(9-11(2)17)15(10-14)21-12(3)16(19)18-4/h6-7,10-12H,5,8-9,17H2,1-4H3,(H,18,19). The molecule has 2 unspecified atom stereocenters. The normalized spacial score (nSPS) is 13.4. The van der Waals surface area contributed by atoms with Gasteiger partial charge in [-0.3, -0.25) is 4.79 Å². The highest BCUT2D eigenvalue weighted by molar-refractivity contribution is 5.80. The Morgan fingerprint density at radius 3 is 2.67 bits per heavy atom. The number of hydrogen-bond donors (Lipinski definition) is 2. The second-order valence-electron chi connectivity index (χ2n) is 5.17. The molecule has 0 aliphatic heterocycles. The molecule has 0 heterocycles. The maximum absolute atomic E-state index is 11.6. The van der Waals surface area contributed by atoms with Crippen molar-refractivity contribution >= 4 is 5.91 Å². The van der Waals surface area contributed by atoms with Crippen LogP contribution < -0.4 is 20.5 Å². The molecule has 5 heteroatoms. The fourth-order valence-corrected chi connectivity index (χ4v) is 1.92. The molecule has 118 valence electrons. The highest BCUT2D eigenvalue weighted by Crippen LogP contribution is 2.27. The molecule has 1 aromatic carbocycles. The Balaban J connectivity index is 2.95. The molecule has 0 aliphatic rings. The first kappa shape index (κ1) is 17.3. The lowest BCUT2D eigenvalue weighted by Crippen LogP contribution is -2.34. The molecule has 1 aromatic rings. The third-order valence-electron chi connectivity index (χ3n) is 2.97. The SMILES string of the molecule is CCCOc1ccc(CC(C)N)c(OC(C)C(=O)NC)c1. The molecule has 0 saturated carbocycles. The van der Waals surface area contributed by atoms with Crippen LogP contribution in [-0.2, 0) is 11.2 Å². The Labute approximate surface area is 126 Å². The van der Waals surface area contributed by atoms with E-state index in [1.54, 1.807) is 14.0 Å². The van der Waals surface area contributed by atoms with E-state index in [4.69, 9.17) is 15.2 Å². The van der Waals surface area contributed by atoms with Crippen LogP contribution >= 0.6 is 0 Å². The minimum atomic E-state index is -0.566. The number of benzene rings is 1. The summed E-state index contributed by atoms with van der Waals surface area (Å²) in [6, 6.07) is 5.70. The summed E-state index contributed by atoms with van der Waals surface area (Å²) >= 11 is 0. The van der Waals surface area contributed by atoms with Crippen LogP contribution in [0.15, 0.2) is 18.2 Å². The van der Waals surface area contributed by atoms with Crippen molar-refractivity contribution in [1.29, 1.82) is 0 Å². The van der Waals surface area contributed by atoms with Crippen LogP contribution in [0.3, 0.4) is 0 Å². The molecule has 5 nitrogen and oxygen atoms in total. The van der Waals surface area contributed by atoms with Crippen LogP contribution in [0.1, 0.15) is 32.8 Å². The van der Waals surface area contributed by atoms with E-state index in [0.717, 1.165) is 17.7 Å². The second kappa shape index (κ2) is 8.52. The van der Waals surface area contributed by atoms with Crippen molar-refractivity contribution in [1.82, 2.24) is 5.32 Å². The summed E-state index contributed by atoms with van der Waals surface area (Å²) in [5.41, 5.74) is 6.84. The van der Waals surface area contributed by atoms with E-state index in [0.29, 0.717) is 18.8 Å². The van der Waals surface area contributed by atoms with Gasteiger partial charge >= 0.3 is 0 Å². The summed E-state index contributed by atoms with van der Waals surface area (Å²) in [5, 5.41) is 2.57. The number of nitrogens with one attached hydrogen (secondary N) is 1. The van der Waals surface area contributed by atoms with E-state index in [1.165, 1.54) is 0 Å². The fraction of sp³-hybridized carbons (Fsp3) is 0.562. The van der Waals surface area contributed by atoms with Crippen molar-refractivity contribution in [3.05, 3.63) is 23.8 Å². The maximum Gasteiger partial charge on any atom is 0.260 e. The van der Waals surface area contributed by atoms with E-state index < -0.39 is 6.10 Å². The molecule has 21 heavy (non-hydrogen) atoms. The van der Waals surface area contributed by atoms with Crippen molar-refractivity contribution in [2.45, 2.75) is 45.8 Å². The third kappa shape index (κ3) is 5.63. The molecule has 0 spiro atoms. The quantitative estimate of drug-likeness (QED) is 0.768. The van der Waals surface area contributed by atoms with Gasteiger partial charge in [0.2, 0.25) is 0 Å². The summed E-state index contributed by atoms with van der Waals surface area (Å²) < 4.78 is 11.4. The Morgan fingerprint density at radius 2 is 2.10 bits per heavy atom. The van der Waals surface area contributed by atoms with Gasteiger partial charge in [-0.15, -0.1) is 0 Å². The van der Waals surface area contributed by atoms with Crippen LogP contribution in [0.25, 0.3) is 0 Å². The Bertz CT molecular complexity index is 461. The number of nitrogens with two attached hydrogens (primary N) is 1. The zero-order valence-corrected chi connectivity index (χ0v) is 13.3. The number of amides is 1. The zero-order chi connectivity index (χ0) is 15.8. The number of hydrogen-bond acceptors (Lipinski definition) is 4. The predicted molar refractivity (Wildman–Crippen MR) is 83.7 cm³/mol. The summed E-state index contributed by atoms with van der Waals surface area (Å²) in [7, 11) is 1.59. The average molecular weight is 294 g/mol. The van der Waals surface area contributed by atoms with Gasteiger partial charge in [0.1, 0.15) is 11.5 Å². The lowest BCUT2D eigenvalue weighted by Gasteiger charge is -2.18. The number of ether oxygens (including phenoxy) is 2. The Kier molecular flexibility index (Phi) is 7.02. The molecule has 1 rings (SSSR count).